The summed E-state index contributed by atoms with van der Waals surface area (Å²) in [6.07, 6.45) is 0.937. The fourth-order valence-corrected chi connectivity index (χ4v) is 4.87. The zero-order chi connectivity index (χ0) is 19.0. The van der Waals surface area contributed by atoms with E-state index < -0.39 is 0 Å². The first-order chi connectivity index (χ1) is 13.8. The second-order valence-corrected chi connectivity index (χ2v) is 7.53. The van der Waals surface area contributed by atoms with Crippen LogP contribution in [0.15, 0.2) is 109 Å². The fourth-order valence-electron chi connectivity index (χ4n) is 4.87. The Morgan fingerprint density at radius 2 is 1.14 bits per heavy atom. The highest BCUT2D eigenvalue weighted by molar-refractivity contribution is 5.60. The maximum Gasteiger partial charge on any atom is 0.123 e. The van der Waals surface area contributed by atoms with Crippen LogP contribution in [-0.4, -0.2) is 0 Å². The quantitative estimate of drug-likeness (QED) is 0.380. The molecule has 4 aromatic rings. The molecule has 1 atom stereocenters. The number of hydrogen-bond acceptors (Lipinski definition) is 0. The van der Waals surface area contributed by atoms with Crippen LogP contribution in [0.4, 0.5) is 4.39 Å². The Morgan fingerprint density at radius 3 is 1.75 bits per heavy atom. The highest BCUT2D eigenvalue weighted by atomic mass is 19.1. The van der Waals surface area contributed by atoms with Crippen molar-refractivity contribution in [3.63, 3.8) is 0 Å². The minimum absolute atomic E-state index is 0.188. The average molecular weight is 364 g/mol. The monoisotopic (exact) mass is 364 g/mol. The summed E-state index contributed by atoms with van der Waals surface area (Å²) in [6.45, 7) is 0. The molecule has 0 bridgehead atoms. The van der Waals surface area contributed by atoms with E-state index in [1.165, 1.54) is 27.8 Å². The maximum absolute atomic E-state index is 13.6. The van der Waals surface area contributed by atoms with Gasteiger partial charge in [-0.05, 0) is 46.4 Å². The minimum Gasteiger partial charge on any atom is -0.207 e. The van der Waals surface area contributed by atoms with Crippen LogP contribution in [0.1, 0.15) is 40.2 Å². The number of rotatable bonds is 3. The highest BCUT2D eigenvalue weighted by Crippen LogP contribution is 2.55. The molecule has 0 aliphatic heterocycles. The molecular formula is C27H21F. The molecule has 1 unspecified atom stereocenters. The van der Waals surface area contributed by atoms with Crippen molar-refractivity contribution in [3.05, 3.63) is 143 Å². The first-order valence-electron chi connectivity index (χ1n) is 9.75. The lowest BCUT2D eigenvalue weighted by Gasteiger charge is -2.32. The Morgan fingerprint density at radius 1 is 0.607 bits per heavy atom. The first kappa shape index (κ1) is 16.9. The zero-order valence-electron chi connectivity index (χ0n) is 15.6. The zero-order valence-corrected chi connectivity index (χ0v) is 15.6. The van der Waals surface area contributed by atoms with Crippen LogP contribution < -0.4 is 0 Å². The third-order valence-electron chi connectivity index (χ3n) is 6.11. The summed E-state index contributed by atoms with van der Waals surface area (Å²) in [4.78, 5) is 0. The van der Waals surface area contributed by atoms with Gasteiger partial charge in [0.15, 0.2) is 0 Å². The summed E-state index contributed by atoms with van der Waals surface area (Å²) in [7, 11) is 0. The lowest BCUT2D eigenvalue weighted by atomic mass is 9.69. The van der Waals surface area contributed by atoms with Crippen molar-refractivity contribution < 1.29 is 4.39 Å². The summed E-state index contributed by atoms with van der Waals surface area (Å²) in [5, 5.41) is 0. The van der Waals surface area contributed by atoms with Crippen LogP contribution in [0.3, 0.4) is 0 Å². The Kier molecular flexibility index (Phi) is 4.09. The van der Waals surface area contributed by atoms with E-state index in [0.717, 1.165) is 6.42 Å². The third-order valence-corrected chi connectivity index (χ3v) is 6.11. The molecule has 0 radical (unpaired) electrons. The van der Waals surface area contributed by atoms with Gasteiger partial charge < -0.3 is 0 Å². The molecule has 1 aliphatic rings. The summed E-state index contributed by atoms with van der Waals surface area (Å²) in [5.74, 6) is 0.0460. The molecule has 28 heavy (non-hydrogen) atoms. The van der Waals surface area contributed by atoms with Crippen molar-refractivity contribution in [2.24, 2.45) is 0 Å². The first-order valence-corrected chi connectivity index (χ1v) is 9.75. The molecule has 0 heterocycles. The van der Waals surface area contributed by atoms with Crippen LogP contribution in [0.5, 0.6) is 0 Å². The molecule has 0 amide bonds. The topological polar surface area (TPSA) is 0 Å². The number of fused-ring (bicyclic) bond motifs is 1. The predicted molar refractivity (Wildman–Crippen MR) is 112 cm³/mol. The van der Waals surface area contributed by atoms with Gasteiger partial charge >= 0.3 is 0 Å². The molecule has 0 saturated heterocycles. The summed E-state index contributed by atoms with van der Waals surface area (Å²) >= 11 is 0. The normalized spacial score (nSPS) is 17.2. The van der Waals surface area contributed by atoms with Gasteiger partial charge in [0.2, 0.25) is 0 Å². The molecule has 0 N–H and O–H groups in total. The Bertz CT molecular complexity index is 1040. The molecular weight excluding hydrogens is 343 g/mol. The average Bonchev–Trinajstić information content (AvgIpc) is 3.12. The number of benzene rings is 4. The van der Waals surface area contributed by atoms with Crippen molar-refractivity contribution in [2.75, 3.05) is 0 Å². The van der Waals surface area contributed by atoms with Crippen molar-refractivity contribution in [1.82, 2.24) is 0 Å². The van der Waals surface area contributed by atoms with Crippen molar-refractivity contribution >= 4 is 0 Å². The molecule has 136 valence electrons. The Balaban J connectivity index is 1.77. The van der Waals surface area contributed by atoms with E-state index in [-0.39, 0.29) is 17.2 Å². The van der Waals surface area contributed by atoms with Crippen molar-refractivity contribution in [3.8, 4) is 0 Å². The van der Waals surface area contributed by atoms with Gasteiger partial charge in [-0.15, -0.1) is 0 Å². The van der Waals surface area contributed by atoms with E-state index in [9.17, 15) is 4.39 Å². The van der Waals surface area contributed by atoms with Gasteiger partial charge in [-0.25, -0.2) is 4.39 Å². The summed E-state index contributed by atoms with van der Waals surface area (Å²) in [5.41, 5.74) is 6.25. The molecule has 0 spiro atoms. The van der Waals surface area contributed by atoms with E-state index >= 15 is 0 Å². The van der Waals surface area contributed by atoms with Crippen molar-refractivity contribution in [2.45, 2.75) is 17.8 Å². The molecule has 0 fully saturated rings. The van der Waals surface area contributed by atoms with Gasteiger partial charge in [-0.1, -0.05) is 97.1 Å². The molecule has 1 heteroatoms. The van der Waals surface area contributed by atoms with E-state index in [2.05, 4.69) is 84.9 Å². The molecule has 0 aromatic heterocycles. The van der Waals surface area contributed by atoms with Gasteiger partial charge in [0.1, 0.15) is 5.82 Å². The smallest absolute Gasteiger partial charge is 0.123 e. The standard InChI is InChI=1S/C27H21F/c28-23-17-15-20(16-18-23)25-19-27(21-9-3-1-4-10-21,22-11-5-2-6-12-22)26-14-8-7-13-24(25)26/h1-18,25H,19H2. The SMILES string of the molecule is Fc1ccc(C2CC(c3ccccc3)(c3ccccc3)c3ccccc32)cc1. The van der Waals surface area contributed by atoms with Crippen LogP contribution in [-0.2, 0) is 5.41 Å². The van der Waals surface area contributed by atoms with Crippen LogP contribution in [0, 0.1) is 5.82 Å². The minimum atomic E-state index is -0.210. The van der Waals surface area contributed by atoms with E-state index in [4.69, 9.17) is 0 Å². The van der Waals surface area contributed by atoms with Crippen LogP contribution in [0.2, 0.25) is 0 Å². The lowest BCUT2D eigenvalue weighted by Crippen LogP contribution is -2.26. The second kappa shape index (κ2) is 6.76. The predicted octanol–water partition coefficient (Wildman–Crippen LogP) is 6.70. The van der Waals surface area contributed by atoms with Gasteiger partial charge in [0.05, 0.1) is 0 Å². The third kappa shape index (κ3) is 2.58. The number of hydrogen-bond donors (Lipinski definition) is 0. The van der Waals surface area contributed by atoms with E-state index in [1.54, 1.807) is 12.1 Å². The van der Waals surface area contributed by atoms with Crippen LogP contribution in [0.25, 0.3) is 0 Å². The Labute approximate surface area is 165 Å². The fraction of sp³-hybridized carbons (Fsp3) is 0.111. The van der Waals surface area contributed by atoms with Gasteiger partial charge in [0.25, 0.3) is 0 Å². The Hall–Kier alpha value is -3.19. The molecule has 0 saturated carbocycles. The lowest BCUT2D eigenvalue weighted by molar-refractivity contribution is 0.575. The largest absolute Gasteiger partial charge is 0.207 e. The number of halogens is 1. The van der Waals surface area contributed by atoms with Gasteiger partial charge in [-0.2, -0.15) is 0 Å². The highest BCUT2D eigenvalue weighted by Gasteiger charge is 2.46. The van der Waals surface area contributed by atoms with Gasteiger partial charge in [-0.3, -0.25) is 0 Å². The van der Waals surface area contributed by atoms with E-state index in [1.807, 2.05) is 12.1 Å². The maximum atomic E-state index is 13.6. The summed E-state index contributed by atoms with van der Waals surface area (Å²) in [6, 6.07) is 37.3. The van der Waals surface area contributed by atoms with Crippen molar-refractivity contribution in [1.29, 1.82) is 0 Å². The molecule has 0 nitrogen and oxygen atoms in total. The molecule has 4 aromatic carbocycles. The molecule has 5 rings (SSSR count). The second-order valence-electron chi connectivity index (χ2n) is 7.53. The summed E-state index contributed by atoms with van der Waals surface area (Å²) < 4.78 is 13.6. The van der Waals surface area contributed by atoms with Crippen LogP contribution >= 0.6 is 0 Å². The van der Waals surface area contributed by atoms with E-state index in [0.29, 0.717) is 0 Å². The van der Waals surface area contributed by atoms with Gasteiger partial charge in [0, 0.05) is 11.3 Å². The molecule has 1 aliphatic carbocycles.